The standard InChI is InChI=1S/C16H18N2O3S2/c1-20-12-6-5-11(10-13(12)21-2)7-8-17-16(22)18-15(19)14-4-3-9-23-14/h3-6,9-10H,7-8H2,1-2H3,(H2,17,18,19,22). The van der Waals surface area contributed by atoms with Crippen LogP contribution in [-0.4, -0.2) is 31.8 Å². The van der Waals surface area contributed by atoms with Gasteiger partial charge in [-0.05, 0) is 47.8 Å². The molecule has 2 aromatic rings. The summed E-state index contributed by atoms with van der Waals surface area (Å²) in [6.45, 7) is 0.610. The third-order valence-corrected chi connectivity index (χ3v) is 4.23. The molecule has 0 saturated heterocycles. The van der Waals surface area contributed by atoms with Gasteiger partial charge in [-0.15, -0.1) is 11.3 Å². The van der Waals surface area contributed by atoms with Crippen LogP contribution in [0.5, 0.6) is 11.5 Å². The second kappa shape index (κ2) is 8.50. The van der Waals surface area contributed by atoms with Crippen LogP contribution in [0.15, 0.2) is 35.7 Å². The molecule has 1 heterocycles. The van der Waals surface area contributed by atoms with E-state index >= 15 is 0 Å². The van der Waals surface area contributed by atoms with Crippen molar-refractivity contribution < 1.29 is 14.3 Å². The van der Waals surface area contributed by atoms with Gasteiger partial charge in [-0.25, -0.2) is 0 Å². The fourth-order valence-electron chi connectivity index (χ4n) is 1.97. The third-order valence-electron chi connectivity index (χ3n) is 3.12. The fourth-order valence-corrected chi connectivity index (χ4v) is 2.79. The number of benzene rings is 1. The van der Waals surface area contributed by atoms with Gasteiger partial charge in [-0.1, -0.05) is 12.1 Å². The molecule has 0 aliphatic heterocycles. The van der Waals surface area contributed by atoms with Crippen molar-refractivity contribution in [3.63, 3.8) is 0 Å². The number of rotatable bonds is 6. The number of hydrogen-bond acceptors (Lipinski definition) is 5. The van der Waals surface area contributed by atoms with Crippen LogP contribution in [-0.2, 0) is 6.42 Å². The molecule has 122 valence electrons. The van der Waals surface area contributed by atoms with Crippen molar-refractivity contribution in [3.8, 4) is 11.5 Å². The lowest BCUT2D eigenvalue weighted by Gasteiger charge is -2.11. The van der Waals surface area contributed by atoms with Gasteiger partial charge in [0.2, 0.25) is 0 Å². The summed E-state index contributed by atoms with van der Waals surface area (Å²) >= 11 is 6.50. The SMILES string of the molecule is COc1ccc(CCNC(=S)NC(=O)c2cccs2)cc1OC. The highest BCUT2D eigenvalue weighted by Gasteiger charge is 2.08. The Bertz CT molecular complexity index is 672. The molecule has 0 atom stereocenters. The van der Waals surface area contributed by atoms with E-state index in [1.165, 1.54) is 11.3 Å². The summed E-state index contributed by atoms with van der Waals surface area (Å²) in [4.78, 5) is 12.5. The molecule has 0 aliphatic rings. The van der Waals surface area contributed by atoms with E-state index in [2.05, 4.69) is 10.6 Å². The number of thiophene rings is 1. The highest BCUT2D eigenvalue weighted by atomic mass is 32.1. The van der Waals surface area contributed by atoms with Gasteiger partial charge in [0.15, 0.2) is 16.6 Å². The van der Waals surface area contributed by atoms with E-state index in [4.69, 9.17) is 21.7 Å². The first-order valence-corrected chi connectivity index (χ1v) is 8.26. The molecule has 0 bridgehead atoms. The largest absolute Gasteiger partial charge is 0.493 e. The normalized spacial score (nSPS) is 10.0. The Morgan fingerprint density at radius 3 is 2.65 bits per heavy atom. The van der Waals surface area contributed by atoms with Crippen molar-refractivity contribution in [3.05, 3.63) is 46.2 Å². The molecule has 1 aromatic carbocycles. The molecule has 0 aliphatic carbocycles. The van der Waals surface area contributed by atoms with E-state index in [0.717, 1.165) is 12.0 Å². The average Bonchev–Trinajstić information content (AvgIpc) is 3.09. The number of carbonyl (C=O) groups is 1. The number of hydrogen-bond donors (Lipinski definition) is 2. The third kappa shape index (κ3) is 4.94. The lowest BCUT2D eigenvalue weighted by atomic mass is 10.1. The summed E-state index contributed by atoms with van der Waals surface area (Å²) in [5.41, 5.74) is 1.09. The molecular weight excluding hydrogens is 332 g/mol. The zero-order chi connectivity index (χ0) is 16.7. The monoisotopic (exact) mass is 350 g/mol. The van der Waals surface area contributed by atoms with Crippen LogP contribution in [0.1, 0.15) is 15.2 Å². The van der Waals surface area contributed by atoms with Gasteiger partial charge in [-0.3, -0.25) is 10.1 Å². The minimum absolute atomic E-state index is 0.191. The van der Waals surface area contributed by atoms with Crippen LogP contribution in [0.2, 0.25) is 0 Å². The van der Waals surface area contributed by atoms with Crippen LogP contribution in [0, 0.1) is 0 Å². The van der Waals surface area contributed by atoms with Crippen LogP contribution in [0.25, 0.3) is 0 Å². The summed E-state index contributed by atoms with van der Waals surface area (Å²) in [6.07, 6.45) is 0.745. The van der Waals surface area contributed by atoms with Gasteiger partial charge in [0.25, 0.3) is 5.91 Å². The summed E-state index contributed by atoms with van der Waals surface area (Å²) in [7, 11) is 3.21. The van der Waals surface area contributed by atoms with Gasteiger partial charge in [0, 0.05) is 6.54 Å². The highest BCUT2D eigenvalue weighted by Crippen LogP contribution is 2.27. The Labute approximate surface area is 144 Å². The number of ether oxygens (including phenoxy) is 2. The van der Waals surface area contributed by atoms with Crippen molar-refractivity contribution in [2.24, 2.45) is 0 Å². The first-order valence-electron chi connectivity index (χ1n) is 6.97. The first-order chi connectivity index (χ1) is 11.1. The minimum Gasteiger partial charge on any atom is -0.493 e. The lowest BCUT2D eigenvalue weighted by Crippen LogP contribution is -2.39. The summed E-state index contributed by atoms with van der Waals surface area (Å²) in [5.74, 6) is 1.20. The van der Waals surface area contributed by atoms with E-state index in [-0.39, 0.29) is 5.91 Å². The molecule has 0 unspecified atom stereocenters. The van der Waals surface area contributed by atoms with E-state index in [9.17, 15) is 4.79 Å². The molecule has 23 heavy (non-hydrogen) atoms. The molecule has 0 fully saturated rings. The molecule has 7 heteroatoms. The Kier molecular flexibility index (Phi) is 6.37. The van der Waals surface area contributed by atoms with Gasteiger partial charge in [0.1, 0.15) is 0 Å². The Morgan fingerprint density at radius 2 is 2.00 bits per heavy atom. The predicted molar refractivity (Wildman–Crippen MR) is 95.6 cm³/mol. The summed E-state index contributed by atoms with van der Waals surface area (Å²) < 4.78 is 10.5. The minimum atomic E-state index is -0.191. The van der Waals surface area contributed by atoms with Crippen LogP contribution in [0.3, 0.4) is 0 Å². The van der Waals surface area contributed by atoms with Gasteiger partial charge in [0.05, 0.1) is 19.1 Å². The van der Waals surface area contributed by atoms with Gasteiger partial charge >= 0.3 is 0 Å². The Morgan fingerprint density at radius 1 is 1.22 bits per heavy atom. The molecule has 2 N–H and O–H groups in total. The van der Waals surface area contributed by atoms with Crippen LogP contribution in [0.4, 0.5) is 0 Å². The number of nitrogens with one attached hydrogen (secondary N) is 2. The number of amides is 1. The molecular formula is C16H18N2O3S2. The van der Waals surface area contributed by atoms with Crippen molar-refractivity contribution >= 4 is 34.6 Å². The zero-order valence-corrected chi connectivity index (χ0v) is 14.6. The predicted octanol–water partition coefficient (Wildman–Crippen LogP) is 2.61. The molecule has 0 spiro atoms. The average molecular weight is 350 g/mol. The number of methoxy groups -OCH3 is 2. The molecule has 0 saturated carbocycles. The topological polar surface area (TPSA) is 59.6 Å². The van der Waals surface area contributed by atoms with E-state index < -0.39 is 0 Å². The maximum Gasteiger partial charge on any atom is 0.267 e. The second-order valence-electron chi connectivity index (χ2n) is 4.63. The van der Waals surface area contributed by atoms with E-state index in [0.29, 0.717) is 28.0 Å². The van der Waals surface area contributed by atoms with Crippen molar-refractivity contribution in [2.45, 2.75) is 6.42 Å². The zero-order valence-electron chi connectivity index (χ0n) is 12.9. The van der Waals surface area contributed by atoms with Crippen molar-refractivity contribution in [2.75, 3.05) is 20.8 Å². The Hall–Kier alpha value is -2.12. The maximum atomic E-state index is 11.8. The number of thiocarbonyl (C=S) groups is 1. The highest BCUT2D eigenvalue weighted by molar-refractivity contribution is 7.80. The van der Waals surface area contributed by atoms with Crippen molar-refractivity contribution in [1.82, 2.24) is 10.6 Å². The van der Waals surface area contributed by atoms with E-state index in [1.54, 1.807) is 20.3 Å². The van der Waals surface area contributed by atoms with Gasteiger partial charge < -0.3 is 14.8 Å². The molecule has 5 nitrogen and oxygen atoms in total. The van der Waals surface area contributed by atoms with E-state index in [1.807, 2.05) is 29.6 Å². The Balaban J connectivity index is 1.80. The second-order valence-corrected chi connectivity index (χ2v) is 5.98. The summed E-state index contributed by atoms with van der Waals surface area (Å²) in [5, 5.41) is 7.85. The maximum absolute atomic E-state index is 11.8. The fraction of sp³-hybridized carbons (Fsp3) is 0.250. The quantitative estimate of drug-likeness (QED) is 0.784. The molecule has 2 rings (SSSR count). The molecule has 0 radical (unpaired) electrons. The molecule has 1 amide bonds. The van der Waals surface area contributed by atoms with Crippen LogP contribution < -0.4 is 20.1 Å². The number of carbonyl (C=O) groups excluding carboxylic acids is 1. The summed E-state index contributed by atoms with van der Waals surface area (Å²) in [6, 6.07) is 9.34. The van der Waals surface area contributed by atoms with Crippen molar-refractivity contribution in [1.29, 1.82) is 0 Å². The smallest absolute Gasteiger partial charge is 0.267 e. The lowest BCUT2D eigenvalue weighted by molar-refractivity contribution is 0.0980. The molecule has 1 aromatic heterocycles. The van der Waals surface area contributed by atoms with Gasteiger partial charge in [-0.2, -0.15) is 0 Å². The first kappa shape index (κ1) is 17.2. The van der Waals surface area contributed by atoms with Crippen LogP contribution >= 0.6 is 23.6 Å².